The molecule has 7 nitrogen and oxygen atoms in total. The van der Waals surface area contributed by atoms with Crippen LogP contribution in [0.4, 0.5) is 0 Å². The summed E-state index contributed by atoms with van der Waals surface area (Å²) in [5.41, 5.74) is 0.285. The molecule has 3 aliphatic rings. The van der Waals surface area contributed by atoms with Gasteiger partial charge in [-0.2, -0.15) is 0 Å². The van der Waals surface area contributed by atoms with Crippen LogP contribution < -0.4 is 0 Å². The van der Waals surface area contributed by atoms with Gasteiger partial charge in [0, 0.05) is 5.57 Å². The van der Waals surface area contributed by atoms with E-state index in [0.29, 0.717) is 0 Å². The van der Waals surface area contributed by atoms with E-state index in [1.54, 1.807) is 20.8 Å². The van der Waals surface area contributed by atoms with Crippen molar-refractivity contribution in [3.8, 4) is 0 Å². The Labute approximate surface area is 141 Å². The molecule has 1 aliphatic carbocycles. The van der Waals surface area contributed by atoms with Gasteiger partial charge in [-0.1, -0.05) is 6.58 Å². The second-order valence-corrected chi connectivity index (χ2v) is 7.63. The fourth-order valence-electron chi connectivity index (χ4n) is 3.74. The predicted molar refractivity (Wildman–Crippen MR) is 82.9 cm³/mol. The lowest BCUT2D eigenvalue weighted by molar-refractivity contribution is -0.188. The molecule has 7 heteroatoms. The summed E-state index contributed by atoms with van der Waals surface area (Å²) in [6.45, 7) is 12.2. The van der Waals surface area contributed by atoms with Crippen molar-refractivity contribution in [1.29, 1.82) is 0 Å². The van der Waals surface area contributed by atoms with Gasteiger partial charge in [0.05, 0.1) is 18.6 Å². The summed E-state index contributed by atoms with van der Waals surface area (Å²) in [4.78, 5) is 12.1. The van der Waals surface area contributed by atoms with Crippen molar-refractivity contribution in [2.45, 2.75) is 76.7 Å². The Morgan fingerprint density at radius 3 is 1.96 bits per heavy atom. The molecule has 2 heterocycles. The molecule has 0 spiro atoms. The number of fused-ring (bicyclic) bond motifs is 3. The number of carbonyl (C=O) groups is 1. The minimum atomic E-state index is -0.839. The zero-order valence-electron chi connectivity index (χ0n) is 14.8. The van der Waals surface area contributed by atoms with Crippen LogP contribution in [-0.4, -0.2) is 59.8 Å². The third kappa shape index (κ3) is 2.99. The predicted octanol–water partition coefficient (Wildman–Crippen LogP) is 1.14. The van der Waals surface area contributed by atoms with E-state index in [4.69, 9.17) is 23.7 Å². The topological polar surface area (TPSA) is 83.5 Å². The Morgan fingerprint density at radius 1 is 1.00 bits per heavy atom. The highest BCUT2D eigenvalue weighted by atomic mass is 16.8. The van der Waals surface area contributed by atoms with E-state index in [9.17, 15) is 9.90 Å². The smallest absolute Gasteiger partial charge is 0.333 e. The quantitative estimate of drug-likeness (QED) is 0.608. The lowest BCUT2D eigenvalue weighted by Gasteiger charge is -2.41. The summed E-state index contributed by atoms with van der Waals surface area (Å²) in [7, 11) is 0. The first-order valence-corrected chi connectivity index (χ1v) is 8.23. The van der Waals surface area contributed by atoms with Crippen molar-refractivity contribution in [3.05, 3.63) is 12.2 Å². The monoisotopic (exact) mass is 342 g/mol. The zero-order valence-corrected chi connectivity index (χ0v) is 14.8. The Hall–Kier alpha value is -0.990. The van der Waals surface area contributed by atoms with Gasteiger partial charge in [-0.25, -0.2) is 4.79 Å². The van der Waals surface area contributed by atoms with Crippen molar-refractivity contribution in [1.82, 2.24) is 0 Å². The minimum absolute atomic E-state index is 0.220. The van der Waals surface area contributed by atoms with Gasteiger partial charge in [0.1, 0.15) is 24.4 Å². The Bertz CT molecular complexity index is 541. The summed E-state index contributed by atoms with van der Waals surface area (Å²) in [5.74, 6) is -2.65. The second kappa shape index (κ2) is 5.78. The largest absolute Gasteiger partial charge is 0.456 e. The Balaban J connectivity index is 1.95. The summed E-state index contributed by atoms with van der Waals surface area (Å²) < 4.78 is 29.6. The highest BCUT2D eigenvalue weighted by molar-refractivity contribution is 5.87. The standard InChI is InChI=1S/C17H26O7/c1-8(2)15(19)20-10-9(7-18)11-13(23-16(3,4)21-11)14-12(10)22-17(5,6)24-14/h9-14,18H,1,7H2,2-6H3. The number of ether oxygens (including phenoxy) is 5. The first-order chi connectivity index (χ1) is 11.0. The molecule has 136 valence electrons. The fraction of sp³-hybridized carbons (Fsp3) is 0.824. The van der Waals surface area contributed by atoms with Crippen LogP contribution in [0.1, 0.15) is 34.6 Å². The molecular weight excluding hydrogens is 316 g/mol. The maximum atomic E-state index is 12.1. The molecule has 2 saturated heterocycles. The van der Waals surface area contributed by atoms with Gasteiger partial charge in [-0.05, 0) is 34.6 Å². The van der Waals surface area contributed by atoms with Crippen LogP contribution in [0.5, 0.6) is 0 Å². The van der Waals surface area contributed by atoms with Crippen LogP contribution >= 0.6 is 0 Å². The SMILES string of the molecule is C=C(C)C(=O)OC1C(CO)C2OC(C)(C)OC2C2OC(C)(C)OC12. The van der Waals surface area contributed by atoms with Gasteiger partial charge in [0.15, 0.2) is 11.6 Å². The molecule has 2 aliphatic heterocycles. The highest BCUT2D eigenvalue weighted by Gasteiger charge is 2.64. The lowest BCUT2D eigenvalue weighted by Crippen LogP contribution is -2.60. The third-order valence-corrected chi connectivity index (χ3v) is 4.62. The third-order valence-electron chi connectivity index (χ3n) is 4.62. The summed E-state index contributed by atoms with van der Waals surface area (Å²) in [6, 6.07) is 0. The molecule has 0 radical (unpaired) electrons. The van der Waals surface area contributed by atoms with E-state index in [0.717, 1.165) is 0 Å². The van der Waals surface area contributed by atoms with Crippen molar-refractivity contribution < 1.29 is 33.6 Å². The molecule has 0 bridgehead atoms. The van der Waals surface area contributed by atoms with E-state index in [1.165, 1.54) is 0 Å². The molecular formula is C17H26O7. The van der Waals surface area contributed by atoms with Crippen LogP contribution in [-0.2, 0) is 28.5 Å². The Kier molecular flexibility index (Phi) is 4.29. The van der Waals surface area contributed by atoms with Crippen molar-refractivity contribution in [2.75, 3.05) is 6.61 Å². The molecule has 6 unspecified atom stereocenters. The Morgan fingerprint density at radius 2 is 1.46 bits per heavy atom. The van der Waals surface area contributed by atoms with E-state index < -0.39 is 54.0 Å². The first kappa shape index (κ1) is 17.8. The normalized spacial score (nSPS) is 42.2. The molecule has 0 aromatic carbocycles. The lowest BCUT2D eigenvalue weighted by atomic mass is 9.78. The first-order valence-electron chi connectivity index (χ1n) is 8.23. The van der Waals surface area contributed by atoms with Crippen LogP contribution in [0, 0.1) is 5.92 Å². The van der Waals surface area contributed by atoms with E-state index >= 15 is 0 Å². The van der Waals surface area contributed by atoms with E-state index in [2.05, 4.69) is 6.58 Å². The molecule has 0 amide bonds. The average Bonchev–Trinajstić information content (AvgIpc) is 2.94. The van der Waals surface area contributed by atoms with Gasteiger partial charge < -0.3 is 28.8 Å². The molecule has 1 saturated carbocycles. The molecule has 6 atom stereocenters. The van der Waals surface area contributed by atoms with Gasteiger partial charge in [-0.3, -0.25) is 0 Å². The van der Waals surface area contributed by atoms with E-state index in [1.807, 2.05) is 13.8 Å². The van der Waals surface area contributed by atoms with Crippen LogP contribution in [0.25, 0.3) is 0 Å². The number of aliphatic hydroxyl groups is 1. The van der Waals surface area contributed by atoms with Gasteiger partial charge >= 0.3 is 5.97 Å². The van der Waals surface area contributed by atoms with E-state index in [-0.39, 0.29) is 12.2 Å². The minimum Gasteiger partial charge on any atom is -0.456 e. The zero-order chi connectivity index (χ0) is 17.9. The van der Waals surface area contributed by atoms with Crippen LogP contribution in [0.3, 0.4) is 0 Å². The van der Waals surface area contributed by atoms with Crippen LogP contribution in [0.15, 0.2) is 12.2 Å². The number of hydrogen-bond donors (Lipinski definition) is 1. The second-order valence-electron chi connectivity index (χ2n) is 7.63. The van der Waals surface area contributed by atoms with Crippen LogP contribution in [0.2, 0.25) is 0 Å². The van der Waals surface area contributed by atoms with Gasteiger partial charge in [0.25, 0.3) is 0 Å². The molecule has 3 rings (SSSR count). The molecule has 24 heavy (non-hydrogen) atoms. The number of rotatable bonds is 3. The molecule has 0 aromatic rings. The summed E-state index contributed by atoms with van der Waals surface area (Å²) in [6.07, 6.45) is -2.54. The fourth-order valence-corrected chi connectivity index (χ4v) is 3.74. The van der Waals surface area contributed by atoms with Gasteiger partial charge in [-0.15, -0.1) is 0 Å². The number of esters is 1. The number of hydrogen-bond acceptors (Lipinski definition) is 7. The molecule has 1 N–H and O–H groups in total. The van der Waals surface area contributed by atoms with Crippen molar-refractivity contribution in [3.63, 3.8) is 0 Å². The highest BCUT2D eigenvalue weighted by Crippen LogP contribution is 2.47. The number of carbonyl (C=O) groups excluding carboxylic acids is 1. The molecule has 3 fully saturated rings. The maximum Gasteiger partial charge on any atom is 0.333 e. The summed E-state index contributed by atoms with van der Waals surface area (Å²) in [5, 5.41) is 9.93. The maximum absolute atomic E-state index is 12.1. The number of aliphatic hydroxyl groups excluding tert-OH is 1. The van der Waals surface area contributed by atoms with Gasteiger partial charge in [0.2, 0.25) is 0 Å². The molecule has 0 aromatic heterocycles. The van der Waals surface area contributed by atoms with Crippen molar-refractivity contribution in [2.24, 2.45) is 5.92 Å². The van der Waals surface area contributed by atoms with Crippen molar-refractivity contribution >= 4 is 5.97 Å². The summed E-state index contributed by atoms with van der Waals surface area (Å²) >= 11 is 0. The average molecular weight is 342 g/mol.